The Hall–Kier alpha value is -4.44. The first-order chi connectivity index (χ1) is 20.8. The van der Waals surface area contributed by atoms with Crippen molar-refractivity contribution >= 4 is 52.0 Å². The van der Waals surface area contributed by atoms with E-state index in [0.29, 0.717) is 26.4 Å². The van der Waals surface area contributed by atoms with E-state index in [0.717, 1.165) is 41.0 Å². The maximum Gasteiger partial charge on any atom is 0.289 e. The first-order valence-electron chi connectivity index (χ1n) is 13.3. The van der Waals surface area contributed by atoms with Gasteiger partial charge in [0.1, 0.15) is 22.3 Å². The molecule has 8 nitrogen and oxygen atoms in total. The number of hydrogen-bond donors (Lipinski definition) is 0. The summed E-state index contributed by atoms with van der Waals surface area (Å²) in [5.74, 6) is 1.52. The molecule has 0 saturated heterocycles. The highest BCUT2D eigenvalue weighted by atomic mass is 35.5. The fraction of sp³-hybridized carbons (Fsp3) is 0.125. The largest absolute Gasteiger partial charge is 0.497 e. The van der Waals surface area contributed by atoms with Crippen LogP contribution >= 0.6 is 34.5 Å². The number of thiazole rings is 1. The highest BCUT2D eigenvalue weighted by Crippen LogP contribution is 2.41. The molecule has 0 amide bonds. The molecule has 1 aliphatic heterocycles. The predicted octanol–water partition coefficient (Wildman–Crippen LogP) is 6.80. The van der Waals surface area contributed by atoms with Gasteiger partial charge in [-0.3, -0.25) is 19.5 Å². The SMILES string of the molecule is COc1ccc([C@@H]2C3=C(N=c4s/c(=C\c5ccc(-c6cc(Cl)c([N+](=O)[O-])cc6Cl)o5)c(=O)n42)c2ccccc2CC3)cc1. The number of furan rings is 1. The Bertz CT molecular complexity index is 2160. The second kappa shape index (κ2) is 10.7. The lowest BCUT2D eigenvalue weighted by Crippen LogP contribution is -2.38. The molecule has 0 N–H and O–H groups in total. The van der Waals surface area contributed by atoms with Gasteiger partial charge in [-0.05, 0) is 59.9 Å². The number of allylic oxidation sites excluding steroid dienone is 1. The number of rotatable bonds is 5. The molecule has 0 saturated carbocycles. The van der Waals surface area contributed by atoms with E-state index in [1.54, 1.807) is 29.9 Å². The summed E-state index contributed by atoms with van der Waals surface area (Å²) < 4.78 is 13.6. The normalized spacial score (nSPS) is 15.9. The van der Waals surface area contributed by atoms with Crippen LogP contribution in [0.4, 0.5) is 5.69 Å². The quantitative estimate of drug-likeness (QED) is 0.157. The fourth-order valence-corrected chi connectivity index (χ4v) is 7.14. The summed E-state index contributed by atoms with van der Waals surface area (Å²) in [4.78, 5) is 30.3. The summed E-state index contributed by atoms with van der Waals surface area (Å²) in [6.45, 7) is 0. The first kappa shape index (κ1) is 27.4. The zero-order valence-electron chi connectivity index (χ0n) is 22.5. The summed E-state index contributed by atoms with van der Waals surface area (Å²) in [6, 6.07) is 21.7. The van der Waals surface area contributed by atoms with Gasteiger partial charge in [0.25, 0.3) is 11.2 Å². The van der Waals surface area contributed by atoms with E-state index < -0.39 is 4.92 Å². The highest BCUT2D eigenvalue weighted by Gasteiger charge is 2.32. The van der Waals surface area contributed by atoms with Crippen LogP contribution in [0.3, 0.4) is 0 Å². The van der Waals surface area contributed by atoms with Crippen LogP contribution in [0, 0.1) is 10.1 Å². The molecule has 2 aliphatic rings. The number of ether oxygens (including phenoxy) is 1. The van der Waals surface area contributed by atoms with Crippen molar-refractivity contribution in [1.29, 1.82) is 0 Å². The second-order valence-electron chi connectivity index (χ2n) is 10.1. The molecule has 0 spiro atoms. The Balaban J connectivity index is 1.36. The number of hydrogen-bond acceptors (Lipinski definition) is 7. The number of halogens is 2. The van der Waals surface area contributed by atoms with E-state index in [9.17, 15) is 14.9 Å². The van der Waals surface area contributed by atoms with Crippen LogP contribution in [-0.2, 0) is 6.42 Å². The van der Waals surface area contributed by atoms with Crippen molar-refractivity contribution in [2.75, 3.05) is 7.11 Å². The molecule has 0 unspecified atom stereocenters. The van der Waals surface area contributed by atoms with Crippen molar-refractivity contribution < 1.29 is 14.1 Å². The average Bonchev–Trinajstić information content (AvgIpc) is 3.60. The van der Waals surface area contributed by atoms with Crippen LogP contribution in [0.2, 0.25) is 10.0 Å². The molecule has 1 atom stereocenters. The average molecular weight is 631 g/mol. The summed E-state index contributed by atoms with van der Waals surface area (Å²) in [6.07, 6.45) is 3.33. The van der Waals surface area contributed by atoms with Crippen LogP contribution in [0.25, 0.3) is 23.1 Å². The summed E-state index contributed by atoms with van der Waals surface area (Å²) in [7, 11) is 1.63. The number of fused-ring (bicyclic) bond motifs is 3. The fourth-order valence-electron chi connectivity index (χ4n) is 5.68. The van der Waals surface area contributed by atoms with E-state index in [1.165, 1.54) is 29.0 Å². The Kier molecular flexibility index (Phi) is 6.80. The first-order valence-corrected chi connectivity index (χ1v) is 14.9. The Morgan fingerprint density at radius 3 is 2.60 bits per heavy atom. The molecule has 7 rings (SSSR count). The van der Waals surface area contributed by atoms with Crippen LogP contribution in [0.15, 0.2) is 92.6 Å². The number of aromatic nitrogens is 1. The second-order valence-corrected chi connectivity index (χ2v) is 12.0. The molecular formula is C32H21Cl2N3O5S. The van der Waals surface area contributed by atoms with Gasteiger partial charge in [0.05, 0.1) is 33.3 Å². The molecule has 43 heavy (non-hydrogen) atoms. The van der Waals surface area contributed by atoms with Gasteiger partial charge >= 0.3 is 0 Å². The van der Waals surface area contributed by atoms with Gasteiger partial charge in [0, 0.05) is 23.3 Å². The third-order valence-electron chi connectivity index (χ3n) is 7.70. The van der Waals surface area contributed by atoms with Gasteiger partial charge < -0.3 is 9.15 Å². The monoisotopic (exact) mass is 629 g/mol. The minimum absolute atomic E-state index is 0.0558. The number of methoxy groups -OCH3 is 1. The van der Waals surface area contributed by atoms with Crippen LogP contribution < -0.4 is 19.6 Å². The standard InChI is InChI=1S/C32H21Cl2N3O5S/c1-41-19-9-6-18(7-10-19)30-22-12-8-17-4-2-3-5-21(17)29(22)35-32-36(30)31(38)28(43-32)14-20-11-13-27(42-20)23-15-25(34)26(37(39)40)16-24(23)33/h2-7,9-11,13-16,30H,8,12H2,1H3/b28-14-/t30-/m1/s1. The van der Waals surface area contributed by atoms with Gasteiger partial charge in [-0.2, -0.15) is 0 Å². The molecule has 5 aromatic rings. The molecule has 214 valence electrons. The van der Waals surface area contributed by atoms with Crippen LogP contribution in [0.1, 0.15) is 34.9 Å². The van der Waals surface area contributed by atoms with E-state index in [4.69, 9.17) is 37.3 Å². The third-order valence-corrected chi connectivity index (χ3v) is 9.30. The van der Waals surface area contributed by atoms with Gasteiger partial charge in [-0.25, -0.2) is 4.99 Å². The van der Waals surface area contributed by atoms with Gasteiger partial charge in [0.2, 0.25) is 0 Å². The molecule has 0 fully saturated rings. The van der Waals surface area contributed by atoms with Crippen molar-refractivity contribution in [1.82, 2.24) is 4.57 Å². The zero-order chi connectivity index (χ0) is 29.8. The molecular weight excluding hydrogens is 609 g/mol. The van der Waals surface area contributed by atoms with Crippen molar-refractivity contribution in [2.24, 2.45) is 4.99 Å². The van der Waals surface area contributed by atoms with Gasteiger partial charge in [-0.1, -0.05) is 70.9 Å². The van der Waals surface area contributed by atoms with E-state index in [-0.39, 0.29) is 27.3 Å². The van der Waals surface area contributed by atoms with Gasteiger partial charge in [-0.15, -0.1) is 0 Å². The maximum atomic E-state index is 14.0. The highest BCUT2D eigenvalue weighted by molar-refractivity contribution is 7.07. The number of aryl methyl sites for hydroxylation is 1. The van der Waals surface area contributed by atoms with Crippen molar-refractivity contribution in [3.63, 3.8) is 0 Å². The lowest BCUT2D eigenvalue weighted by molar-refractivity contribution is -0.384. The molecule has 0 bridgehead atoms. The van der Waals surface area contributed by atoms with Gasteiger partial charge in [0.15, 0.2) is 4.80 Å². The lowest BCUT2D eigenvalue weighted by Gasteiger charge is -2.30. The predicted molar refractivity (Wildman–Crippen MR) is 167 cm³/mol. The minimum Gasteiger partial charge on any atom is -0.497 e. The number of nitrogens with zero attached hydrogens (tertiary/aromatic N) is 3. The molecule has 3 heterocycles. The smallest absolute Gasteiger partial charge is 0.289 e. The minimum atomic E-state index is -0.596. The lowest BCUT2D eigenvalue weighted by atomic mass is 9.83. The van der Waals surface area contributed by atoms with E-state index >= 15 is 0 Å². The summed E-state index contributed by atoms with van der Waals surface area (Å²) in [5.41, 5.74) is 5.27. The van der Waals surface area contributed by atoms with Crippen molar-refractivity contribution in [3.8, 4) is 17.1 Å². The molecule has 0 radical (unpaired) electrons. The summed E-state index contributed by atoms with van der Waals surface area (Å²) >= 11 is 13.7. The van der Waals surface area contributed by atoms with Crippen molar-refractivity contribution in [2.45, 2.75) is 18.9 Å². The van der Waals surface area contributed by atoms with Crippen molar-refractivity contribution in [3.05, 3.63) is 141 Å². The number of nitro groups is 1. The van der Waals surface area contributed by atoms with Crippen LogP contribution in [0.5, 0.6) is 5.75 Å². The van der Waals surface area contributed by atoms with E-state index in [2.05, 4.69) is 12.1 Å². The Morgan fingerprint density at radius 1 is 1.05 bits per heavy atom. The zero-order valence-corrected chi connectivity index (χ0v) is 24.9. The maximum absolute atomic E-state index is 14.0. The summed E-state index contributed by atoms with van der Waals surface area (Å²) in [5, 5.41) is 11.3. The number of nitro benzene ring substituents is 1. The Morgan fingerprint density at radius 2 is 1.84 bits per heavy atom. The molecule has 2 aromatic heterocycles. The molecule has 11 heteroatoms. The number of benzene rings is 3. The topological polar surface area (TPSA) is 99.9 Å². The van der Waals surface area contributed by atoms with E-state index in [1.807, 2.05) is 36.4 Å². The third kappa shape index (κ3) is 4.70. The molecule has 3 aromatic carbocycles. The molecule has 1 aliphatic carbocycles. The Labute approximate surface area is 258 Å². The van der Waals surface area contributed by atoms with Crippen LogP contribution in [-0.4, -0.2) is 16.6 Å².